The van der Waals surface area contributed by atoms with Crippen LogP contribution in [0, 0.1) is 12.8 Å². The standard InChI is InChI=1S/C16H23NO2/c1-3-12-5-4-6-14(9-12)17-16(19)13-8-7-11(2)15(18)10-13/h7-8,10,12,14,18H,3-6,9H2,1-2H3,(H,17,19). The second-order valence-corrected chi connectivity index (χ2v) is 5.61. The molecular weight excluding hydrogens is 238 g/mol. The third-order valence-corrected chi connectivity index (χ3v) is 4.17. The van der Waals surface area contributed by atoms with E-state index >= 15 is 0 Å². The summed E-state index contributed by atoms with van der Waals surface area (Å²) < 4.78 is 0. The second kappa shape index (κ2) is 6.09. The van der Waals surface area contributed by atoms with Crippen molar-refractivity contribution in [3.63, 3.8) is 0 Å². The summed E-state index contributed by atoms with van der Waals surface area (Å²) in [5.41, 5.74) is 1.34. The average molecular weight is 261 g/mol. The van der Waals surface area contributed by atoms with Gasteiger partial charge in [0, 0.05) is 11.6 Å². The minimum Gasteiger partial charge on any atom is -0.508 e. The fourth-order valence-electron chi connectivity index (χ4n) is 2.81. The topological polar surface area (TPSA) is 49.3 Å². The van der Waals surface area contributed by atoms with Gasteiger partial charge in [-0.2, -0.15) is 0 Å². The molecule has 0 spiro atoms. The summed E-state index contributed by atoms with van der Waals surface area (Å²) in [6, 6.07) is 5.38. The Kier molecular flexibility index (Phi) is 4.46. The molecule has 1 aliphatic rings. The predicted octanol–water partition coefficient (Wildman–Crippen LogP) is 3.40. The number of aromatic hydroxyl groups is 1. The SMILES string of the molecule is CCC1CCCC(NC(=O)c2ccc(C)c(O)c2)C1. The normalized spacial score (nSPS) is 23.1. The number of aryl methyl sites for hydroxylation is 1. The third-order valence-electron chi connectivity index (χ3n) is 4.17. The van der Waals surface area contributed by atoms with E-state index in [9.17, 15) is 9.90 Å². The number of hydrogen-bond donors (Lipinski definition) is 2. The molecule has 2 atom stereocenters. The molecular formula is C16H23NO2. The lowest BCUT2D eigenvalue weighted by Gasteiger charge is -2.29. The van der Waals surface area contributed by atoms with Crippen LogP contribution in [0.1, 0.15) is 54.9 Å². The van der Waals surface area contributed by atoms with Gasteiger partial charge in [-0.1, -0.05) is 32.3 Å². The molecule has 2 rings (SSSR count). The molecule has 1 aliphatic carbocycles. The summed E-state index contributed by atoms with van der Waals surface area (Å²) in [6.45, 7) is 4.04. The minimum atomic E-state index is -0.0722. The summed E-state index contributed by atoms with van der Waals surface area (Å²) in [5.74, 6) is 0.852. The zero-order valence-corrected chi connectivity index (χ0v) is 11.8. The number of carbonyl (C=O) groups is 1. The van der Waals surface area contributed by atoms with Crippen LogP contribution >= 0.6 is 0 Å². The first-order chi connectivity index (χ1) is 9.10. The largest absolute Gasteiger partial charge is 0.508 e. The average Bonchev–Trinajstić information content (AvgIpc) is 2.42. The van der Waals surface area contributed by atoms with Crippen molar-refractivity contribution in [1.29, 1.82) is 0 Å². The van der Waals surface area contributed by atoms with Gasteiger partial charge in [0.25, 0.3) is 5.91 Å². The number of nitrogens with one attached hydrogen (secondary N) is 1. The van der Waals surface area contributed by atoms with E-state index in [0.29, 0.717) is 5.56 Å². The highest BCUT2D eigenvalue weighted by molar-refractivity contribution is 5.94. The Balaban J connectivity index is 1.98. The molecule has 0 radical (unpaired) electrons. The van der Waals surface area contributed by atoms with E-state index in [-0.39, 0.29) is 17.7 Å². The Hall–Kier alpha value is -1.51. The van der Waals surface area contributed by atoms with Gasteiger partial charge in [0.1, 0.15) is 5.75 Å². The molecule has 0 aliphatic heterocycles. The van der Waals surface area contributed by atoms with Gasteiger partial charge in [0.2, 0.25) is 0 Å². The smallest absolute Gasteiger partial charge is 0.251 e. The number of rotatable bonds is 3. The molecule has 1 aromatic carbocycles. The number of amides is 1. The lowest BCUT2D eigenvalue weighted by molar-refractivity contribution is 0.0918. The molecule has 104 valence electrons. The van der Waals surface area contributed by atoms with E-state index in [4.69, 9.17) is 0 Å². The van der Waals surface area contributed by atoms with Crippen LogP contribution in [0.5, 0.6) is 5.75 Å². The predicted molar refractivity (Wildman–Crippen MR) is 76.3 cm³/mol. The molecule has 1 aromatic rings. The van der Waals surface area contributed by atoms with Crippen LogP contribution in [-0.2, 0) is 0 Å². The number of phenolic OH excluding ortho intramolecular Hbond substituents is 1. The summed E-state index contributed by atoms with van der Waals surface area (Å²) in [4.78, 5) is 12.1. The van der Waals surface area contributed by atoms with Gasteiger partial charge in [-0.15, -0.1) is 0 Å². The molecule has 1 fully saturated rings. The first kappa shape index (κ1) is 13.9. The Morgan fingerprint density at radius 3 is 2.89 bits per heavy atom. The van der Waals surface area contributed by atoms with Gasteiger partial charge >= 0.3 is 0 Å². The van der Waals surface area contributed by atoms with Crippen LogP contribution in [-0.4, -0.2) is 17.1 Å². The van der Waals surface area contributed by atoms with Gasteiger partial charge < -0.3 is 10.4 Å². The maximum atomic E-state index is 12.1. The maximum Gasteiger partial charge on any atom is 0.251 e. The van der Waals surface area contributed by atoms with Gasteiger partial charge in [0.05, 0.1) is 0 Å². The summed E-state index contributed by atoms with van der Waals surface area (Å²) in [6.07, 6.45) is 5.83. The molecule has 0 saturated heterocycles. The highest BCUT2D eigenvalue weighted by Crippen LogP contribution is 2.27. The zero-order valence-electron chi connectivity index (χ0n) is 11.8. The van der Waals surface area contributed by atoms with Crippen molar-refractivity contribution in [2.45, 2.75) is 52.0 Å². The first-order valence-electron chi connectivity index (χ1n) is 7.20. The second-order valence-electron chi connectivity index (χ2n) is 5.61. The molecule has 2 N–H and O–H groups in total. The summed E-state index contributed by atoms with van der Waals surface area (Å²) in [5, 5.41) is 12.8. The highest BCUT2D eigenvalue weighted by Gasteiger charge is 2.22. The fourth-order valence-corrected chi connectivity index (χ4v) is 2.81. The molecule has 0 aromatic heterocycles. The maximum absolute atomic E-state index is 12.1. The molecule has 2 unspecified atom stereocenters. The van der Waals surface area contributed by atoms with E-state index in [1.165, 1.54) is 19.3 Å². The minimum absolute atomic E-state index is 0.0722. The monoisotopic (exact) mass is 261 g/mol. The Bertz CT molecular complexity index is 456. The fraction of sp³-hybridized carbons (Fsp3) is 0.562. The Morgan fingerprint density at radius 1 is 1.42 bits per heavy atom. The van der Waals surface area contributed by atoms with Crippen molar-refractivity contribution in [2.24, 2.45) is 5.92 Å². The molecule has 0 bridgehead atoms. The van der Waals surface area contributed by atoms with Crippen molar-refractivity contribution in [3.8, 4) is 5.75 Å². The quantitative estimate of drug-likeness (QED) is 0.876. The highest BCUT2D eigenvalue weighted by atomic mass is 16.3. The van der Waals surface area contributed by atoms with Crippen LogP contribution in [0.25, 0.3) is 0 Å². The molecule has 3 nitrogen and oxygen atoms in total. The zero-order chi connectivity index (χ0) is 13.8. The van der Waals surface area contributed by atoms with Crippen molar-refractivity contribution >= 4 is 5.91 Å². The molecule has 1 amide bonds. The van der Waals surface area contributed by atoms with Crippen LogP contribution in [0.15, 0.2) is 18.2 Å². The van der Waals surface area contributed by atoms with Crippen molar-refractivity contribution in [1.82, 2.24) is 5.32 Å². The molecule has 19 heavy (non-hydrogen) atoms. The van der Waals surface area contributed by atoms with Gasteiger partial charge in [-0.3, -0.25) is 4.79 Å². The number of benzene rings is 1. The molecule has 1 saturated carbocycles. The van der Waals surface area contributed by atoms with Gasteiger partial charge in [-0.05, 0) is 43.4 Å². The van der Waals surface area contributed by atoms with E-state index in [2.05, 4.69) is 12.2 Å². The number of phenols is 1. The molecule has 0 heterocycles. The van der Waals surface area contributed by atoms with E-state index in [1.54, 1.807) is 18.2 Å². The summed E-state index contributed by atoms with van der Waals surface area (Å²) in [7, 11) is 0. The Labute approximate surface area is 115 Å². The van der Waals surface area contributed by atoms with Crippen molar-refractivity contribution < 1.29 is 9.90 Å². The van der Waals surface area contributed by atoms with Gasteiger partial charge in [0.15, 0.2) is 0 Å². The van der Waals surface area contributed by atoms with Crippen molar-refractivity contribution in [3.05, 3.63) is 29.3 Å². The van der Waals surface area contributed by atoms with Gasteiger partial charge in [-0.25, -0.2) is 0 Å². The van der Waals surface area contributed by atoms with Crippen LogP contribution in [0.4, 0.5) is 0 Å². The molecule has 3 heteroatoms. The van der Waals surface area contributed by atoms with E-state index in [0.717, 1.165) is 24.3 Å². The lowest BCUT2D eigenvalue weighted by Crippen LogP contribution is -2.38. The lowest BCUT2D eigenvalue weighted by atomic mass is 9.84. The van der Waals surface area contributed by atoms with E-state index < -0.39 is 0 Å². The van der Waals surface area contributed by atoms with Crippen LogP contribution < -0.4 is 5.32 Å². The third kappa shape index (κ3) is 3.49. The number of carbonyl (C=O) groups excluding carboxylic acids is 1. The van der Waals surface area contributed by atoms with Crippen LogP contribution in [0.3, 0.4) is 0 Å². The van der Waals surface area contributed by atoms with Crippen LogP contribution in [0.2, 0.25) is 0 Å². The first-order valence-corrected chi connectivity index (χ1v) is 7.20. The summed E-state index contributed by atoms with van der Waals surface area (Å²) >= 11 is 0. The number of hydrogen-bond acceptors (Lipinski definition) is 2. The van der Waals surface area contributed by atoms with Crippen molar-refractivity contribution in [2.75, 3.05) is 0 Å². The van der Waals surface area contributed by atoms with E-state index in [1.807, 2.05) is 6.92 Å². The Morgan fingerprint density at radius 2 is 2.21 bits per heavy atom.